The molecule has 1 aromatic heterocycles. The van der Waals surface area contributed by atoms with Crippen LogP contribution in [0.4, 0.5) is 11.4 Å². The van der Waals surface area contributed by atoms with Crippen molar-refractivity contribution >= 4 is 44.5 Å². The third-order valence-corrected chi connectivity index (χ3v) is 3.48. The highest BCUT2D eigenvalue weighted by Crippen LogP contribution is 2.21. The van der Waals surface area contributed by atoms with Crippen LogP contribution in [0.3, 0.4) is 0 Å². The van der Waals surface area contributed by atoms with Crippen molar-refractivity contribution in [3.8, 4) is 0 Å². The highest BCUT2D eigenvalue weighted by molar-refractivity contribution is 9.11. The normalized spacial score (nSPS) is 10.1. The van der Waals surface area contributed by atoms with E-state index in [1.807, 2.05) is 0 Å². The van der Waals surface area contributed by atoms with E-state index in [9.17, 15) is 4.79 Å². The molecule has 0 atom stereocenters. The third-order valence-electron chi connectivity index (χ3n) is 1.97. The standard InChI is InChI=1S/C11H9BrN2OS/c12-10-4-7(6-16-10)11(15)14-9-3-1-2-8(13)5-9/h1-6H,13H2,(H,14,15). The van der Waals surface area contributed by atoms with Gasteiger partial charge in [-0.05, 0) is 40.2 Å². The number of halogens is 1. The molecule has 0 aliphatic heterocycles. The van der Waals surface area contributed by atoms with Gasteiger partial charge in [0, 0.05) is 16.8 Å². The Morgan fingerprint density at radius 1 is 1.38 bits per heavy atom. The average Bonchev–Trinajstić information content (AvgIpc) is 2.65. The first-order chi connectivity index (χ1) is 7.65. The van der Waals surface area contributed by atoms with Gasteiger partial charge in [-0.25, -0.2) is 0 Å². The molecule has 82 valence electrons. The van der Waals surface area contributed by atoms with Crippen molar-refractivity contribution in [1.82, 2.24) is 0 Å². The maximum absolute atomic E-state index is 11.8. The quantitative estimate of drug-likeness (QED) is 0.835. The van der Waals surface area contributed by atoms with Gasteiger partial charge in [0.05, 0.1) is 9.35 Å². The van der Waals surface area contributed by atoms with Crippen LogP contribution in [0.5, 0.6) is 0 Å². The number of benzene rings is 1. The second-order valence-corrected chi connectivity index (χ2v) is 5.51. The van der Waals surface area contributed by atoms with E-state index in [2.05, 4.69) is 21.2 Å². The number of hydrogen-bond acceptors (Lipinski definition) is 3. The molecular weight excluding hydrogens is 288 g/mol. The molecule has 0 unspecified atom stereocenters. The zero-order valence-electron chi connectivity index (χ0n) is 8.24. The smallest absolute Gasteiger partial charge is 0.256 e. The summed E-state index contributed by atoms with van der Waals surface area (Å²) in [5.41, 5.74) is 7.59. The SMILES string of the molecule is Nc1cccc(NC(=O)c2csc(Br)c2)c1. The van der Waals surface area contributed by atoms with Gasteiger partial charge in [0.25, 0.3) is 5.91 Å². The molecule has 1 amide bonds. The highest BCUT2D eigenvalue weighted by Gasteiger charge is 2.07. The van der Waals surface area contributed by atoms with Crippen LogP contribution in [0.25, 0.3) is 0 Å². The van der Waals surface area contributed by atoms with Gasteiger partial charge in [0.1, 0.15) is 0 Å². The van der Waals surface area contributed by atoms with Gasteiger partial charge < -0.3 is 11.1 Å². The highest BCUT2D eigenvalue weighted by atomic mass is 79.9. The van der Waals surface area contributed by atoms with Gasteiger partial charge in [-0.2, -0.15) is 0 Å². The second kappa shape index (κ2) is 4.67. The second-order valence-electron chi connectivity index (χ2n) is 3.22. The fourth-order valence-corrected chi connectivity index (χ4v) is 2.39. The maximum atomic E-state index is 11.8. The van der Waals surface area contributed by atoms with Crippen LogP contribution in [0.1, 0.15) is 10.4 Å². The van der Waals surface area contributed by atoms with E-state index in [1.54, 1.807) is 35.7 Å². The molecule has 16 heavy (non-hydrogen) atoms. The molecule has 2 aromatic rings. The van der Waals surface area contributed by atoms with E-state index in [0.717, 1.165) is 3.79 Å². The Labute approximate surface area is 105 Å². The molecule has 2 rings (SSSR count). The number of carbonyl (C=O) groups is 1. The van der Waals surface area contributed by atoms with Crippen LogP contribution >= 0.6 is 27.3 Å². The Hall–Kier alpha value is -1.33. The van der Waals surface area contributed by atoms with Gasteiger partial charge in [-0.15, -0.1) is 11.3 Å². The molecule has 1 aromatic carbocycles. The number of thiophene rings is 1. The molecule has 0 aliphatic carbocycles. The summed E-state index contributed by atoms with van der Waals surface area (Å²) in [5.74, 6) is -0.132. The van der Waals surface area contributed by atoms with Crippen molar-refractivity contribution in [2.45, 2.75) is 0 Å². The zero-order chi connectivity index (χ0) is 11.5. The minimum absolute atomic E-state index is 0.132. The lowest BCUT2D eigenvalue weighted by atomic mass is 10.2. The fourth-order valence-electron chi connectivity index (χ4n) is 1.25. The van der Waals surface area contributed by atoms with Crippen molar-refractivity contribution in [2.75, 3.05) is 11.1 Å². The van der Waals surface area contributed by atoms with Crippen LogP contribution in [0.2, 0.25) is 0 Å². The van der Waals surface area contributed by atoms with Crippen molar-refractivity contribution < 1.29 is 4.79 Å². The van der Waals surface area contributed by atoms with Crippen LogP contribution in [-0.4, -0.2) is 5.91 Å². The van der Waals surface area contributed by atoms with E-state index in [-0.39, 0.29) is 5.91 Å². The number of nitrogens with two attached hydrogens (primary N) is 1. The molecule has 0 saturated carbocycles. The lowest BCUT2D eigenvalue weighted by Gasteiger charge is -2.03. The lowest BCUT2D eigenvalue weighted by Crippen LogP contribution is -2.10. The van der Waals surface area contributed by atoms with E-state index in [1.165, 1.54) is 11.3 Å². The lowest BCUT2D eigenvalue weighted by molar-refractivity contribution is 0.102. The van der Waals surface area contributed by atoms with Gasteiger partial charge in [-0.3, -0.25) is 4.79 Å². The molecule has 1 heterocycles. The maximum Gasteiger partial charge on any atom is 0.256 e. The predicted molar refractivity (Wildman–Crippen MR) is 70.8 cm³/mol. The van der Waals surface area contributed by atoms with Gasteiger partial charge in [0.15, 0.2) is 0 Å². The van der Waals surface area contributed by atoms with Crippen LogP contribution < -0.4 is 11.1 Å². The third kappa shape index (κ3) is 2.62. The number of nitrogens with one attached hydrogen (secondary N) is 1. The van der Waals surface area contributed by atoms with Gasteiger partial charge >= 0.3 is 0 Å². The molecule has 0 saturated heterocycles. The Bertz CT molecular complexity index is 524. The molecular formula is C11H9BrN2OS. The molecule has 3 N–H and O–H groups in total. The zero-order valence-corrected chi connectivity index (χ0v) is 10.6. The largest absolute Gasteiger partial charge is 0.399 e. The van der Waals surface area contributed by atoms with E-state index >= 15 is 0 Å². The molecule has 0 aliphatic rings. The molecule has 0 radical (unpaired) electrons. The van der Waals surface area contributed by atoms with E-state index in [4.69, 9.17) is 5.73 Å². The first-order valence-corrected chi connectivity index (χ1v) is 6.23. The summed E-state index contributed by atoms with van der Waals surface area (Å²) in [6.07, 6.45) is 0. The molecule has 0 bridgehead atoms. The number of rotatable bonds is 2. The van der Waals surface area contributed by atoms with E-state index < -0.39 is 0 Å². The summed E-state index contributed by atoms with van der Waals surface area (Å²) in [5, 5.41) is 4.58. The number of hydrogen-bond donors (Lipinski definition) is 2. The van der Waals surface area contributed by atoms with Gasteiger partial charge in [-0.1, -0.05) is 6.07 Å². The summed E-state index contributed by atoms with van der Waals surface area (Å²) in [4.78, 5) is 11.8. The Morgan fingerprint density at radius 3 is 2.81 bits per heavy atom. The van der Waals surface area contributed by atoms with E-state index in [0.29, 0.717) is 16.9 Å². The van der Waals surface area contributed by atoms with Crippen LogP contribution in [0.15, 0.2) is 39.5 Å². The van der Waals surface area contributed by atoms with Crippen molar-refractivity contribution in [1.29, 1.82) is 0 Å². The van der Waals surface area contributed by atoms with Gasteiger partial charge in [0.2, 0.25) is 0 Å². The summed E-state index contributed by atoms with van der Waals surface area (Å²) >= 11 is 4.79. The van der Waals surface area contributed by atoms with Crippen molar-refractivity contribution in [2.24, 2.45) is 0 Å². The predicted octanol–water partition coefficient (Wildman–Crippen LogP) is 3.35. The Kier molecular flexibility index (Phi) is 3.26. The fraction of sp³-hybridized carbons (Fsp3) is 0. The summed E-state index contributed by atoms with van der Waals surface area (Å²) in [6, 6.07) is 8.88. The van der Waals surface area contributed by atoms with Crippen molar-refractivity contribution in [3.05, 3.63) is 45.1 Å². The minimum Gasteiger partial charge on any atom is -0.399 e. The topological polar surface area (TPSA) is 55.1 Å². The van der Waals surface area contributed by atoms with Crippen molar-refractivity contribution in [3.63, 3.8) is 0 Å². The first-order valence-electron chi connectivity index (χ1n) is 4.56. The summed E-state index contributed by atoms with van der Waals surface area (Å²) in [6.45, 7) is 0. The molecule has 0 spiro atoms. The molecule has 0 fully saturated rings. The molecule has 5 heteroatoms. The number of carbonyl (C=O) groups excluding carboxylic acids is 1. The number of amides is 1. The monoisotopic (exact) mass is 296 g/mol. The minimum atomic E-state index is -0.132. The average molecular weight is 297 g/mol. The summed E-state index contributed by atoms with van der Waals surface area (Å²) in [7, 11) is 0. The number of anilines is 2. The summed E-state index contributed by atoms with van der Waals surface area (Å²) < 4.78 is 0.935. The first kappa shape index (κ1) is 11.2. The molecule has 3 nitrogen and oxygen atoms in total. The Balaban J connectivity index is 2.13. The van der Waals surface area contributed by atoms with Crippen LogP contribution in [-0.2, 0) is 0 Å². The van der Waals surface area contributed by atoms with Crippen LogP contribution in [0, 0.1) is 0 Å². The number of nitrogen functional groups attached to an aromatic ring is 1. The Morgan fingerprint density at radius 2 is 2.19 bits per heavy atom.